The van der Waals surface area contributed by atoms with E-state index in [-0.39, 0.29) is 12.3 Å². The number of benzene rings is 1. The molecular formula is C13H12F6N2O4. The number of carbonyl (C=O) groups excluding carboxylic acids is 2. The number of hydrogen-bond acceptors (Lipinski definition) is 4. The zero-order valence-corrected chi connectivity index (χ0v) is 12.5. The van der Waals surface area contributed by atoms with Crippen molar-refractivity contribution in [2.75, 3.05) is 11.9 Å². The molecule has 140 valence electrons. The van der Waals surface area contributed by atoms with Crippen LogP contribution in [0.2, 0.25) is 0 Å². The predicted octanol–water partition coefficient (Wildman–Crippen LogP) is 3.20. The van der Waals surface area contributed by atoms with Gasteiger partial charge in [0.1, 0.15) is 5.75 Å². The highest BCUT2D eigenvalue weighted by Gasteiger charge is 2.47. The second kappa shape index (κ2) is 7.94. The number of halogens is 6. The van der Waals surface area contributed by atoms with E-state index < -0.39 is 36.3 Å². The van der Waals surface area contributed by atoms with Gasteiger partial charge < -0.3 is 20.1 Å². The first-order valence-corrected chi connectivity index (χ1v) is 6.59. The molecule has 1 aromatic carbocycles. The second-order valence-corrected chi connectivity index (χ2v) is 4.40. The smallest absolute Gasteiger partial charge is 0.464 e. The molecular weight excluding hydrogens is 362 g/mol. The van der Waals surface area contributed by atoms with Gasteiger partial charge in [0.05, 0.1) is 6.61 Å². The maximum atomic E-state index is 12.7. The molecule has 0 fully saturated rings. The first kappa shape index (κ1) is 20.4. The van der Waals surface area contributed by atoms with E-state index in [1.807, 2.05) is 5.32 Å². The molecule has 0 saturated heterocycles. The van der Waals surface area contributed by atoms with Crippen LogP contribution in [0.5, 0.6) is 5.75 Å². The summed E-state index contributed by atoms with van der Waals surface area (Å²) in [4.78, 5) is 22.8. The van der Waals surface area contributed by atoms with E-state index in [9.17, 15) is 35.9 Å². The number of carbonyl (C=O) groups is 2. The van der Waals surface area contributed by atoms with Gasteiger partial charge in [0, 0.05) is 5.69 Å². The van der Waals surface area contributed by atoms with E-state index in [2.05, 4.69) is 9.47 Å². The van der Waals surface area contributed by atoms with Crippen LogP contribution in [0.25, 0.3) is 0 Å². The van der Waals surface area contributed by atoms with E-state index in [0.29, 0.717) is 0 Å². The van der Waals surface area contributed by atoms with Gasteiger partial charge in [0.15, 0.2) is 0 Å². The van der Waals surface area contributed by atoms with Crippen LogP contribution in [-0.4, -0.2) is 37.2 Å². The van der Waals surface area contributed by atoms with Crippen molar-refractivity contribution in [2.45, 2.75) is 25.5 Å². The quantitative estimate of drug-likeness (QED) is 0.613. The predicted molar refractivity (Wildman–Crippen MR) is 71.8 cm³/mol. The highest BCUT2D eigenvalue weighted by Crippen LogP contribution is 2.24. The van der Waals surface area contributed by atoms with Crippen molar-refractivity contribution in [3.63, 3.8) is 0 Å². The monoisotopic (exact) mass is 374 g/mol. The lowest BCUT2D eigenvalue weighted by Crippen LogP contribution is -2.52. The Bertz CT molecular complexity index is 600. The molecule has 0 spiro atoms. The Balaban J connectivity index is 2.72. The number of urea groups is 1. The van der Waals surface area contributed by atoms with Gasteiger partial charge in [-0.25, -0.2) is 9.59 Å². The Morgan fingerprint density at radius 1 is 1.08 bits per heavy atom. The van der Waals surface area contributed by atoms with Crippen molar-refractivity contribution in [2.24, 2.45) is 0 Å². The van der Waals surface area contributed by atoms with Crippen molar-refractivity contribution in [1.82, 2.24) is 5.32 Å². The minimum absolute atomic E-state index is 0.128. The molecule has 0 saturated carbocycles. The van der Waals surface area contributed by atoms with Gasteiger partial charge >= 0.3 is 24.5 Å². The average Bonchev–Trinajstić information content (AvgIpc) is 2.44. The number of anilines is 1. The maximum absolute atomic E-state index is 12.7. The summed E-state index contributed by atoms with van der Waals surface area (Å²) >= 11 is 0. The third kappa shape index (κ3) is 7.18. The SMILES string of the molecule is CCOC(=O)C(NC(=O)Nc1ccc(OC(F)(F)F)cc1)C(F)(F)F. The summed E-state index contributed by atoms with van der Waals surface area (Å²) in [6, 6.07) is -0.674. The van der Waals surface area contributed by atoms with E-state index in [1.165, 1.54) is 12.2 Å². The minimum Gasteiger partial charge on any atom is -0.464 e. The van der Waals surface area contributed by atoms with Gasteiger partial charge in [-0.05, 0) is 31.2 Å². The molecule has 2 amide bonds. The van der Waals surface area contributed by atoms with Crippen LogP contribution in [0.15, 0.2) is 24.3 Å². The van der Waals surface area contributed by atoms with Crippen molar-refractivity contribution < 1.29 is 45.4 Å². The Labute approximate surface area is 137 Å². The van der Waals surface area contributed by atoms with Crippen molar-refractivity contribution in [1.29, 1.82) is 0 Å². The highest BCUT2D eigenvalue weighted by molar-refractivity contribution is 5.92. The lowest BCUT2D eigenvalue weighted by molar-refractivity contribution is -0.274. The summed E-state index contributed by atoms with van der Waals surface area (Å²) in [5.74, 6) is -2.28. The fraction of sp³-hybridized carbons (Fsp3) is 0.385. The molecule has 12 heteroatoms. The van der Waals surface area contributed by atoms with Gasteiger partial charge in [0.25, 0.3) is 0 Å². The van der Waals surface area contributed by atoms with Crippen LogP contribution in [0.1, 0.15) is 6.92 Å². The molecule has 1 atom stereocenters. The van der Waals surface area contributed by atoms with Crippen molar-refractivity contribution >= 4 is 17.7 Å². The molecule has 1 unspecified atom stereocenters. The summed E-state index contributed by atoms with van der Waals surface area (Å²) in [5.41, 5.74) is -0.128. The topological polar surface area (TPSA) is 76.7 Å². The molecule has 0 radical (unpaired) electrons. The first-order valence-electron chi connectivity index (χ1n) is 6.59. The number of nitrogens with one attached hydrogen (secondary N) is 2. The maximum Gasteiger partial charge on any atom is 0.573 e. The molecule has 0 aliphatic rings. The highest BCUT2D eigenvalue weighted by atomic mass is 19.4. The van der Waals surface area contributed by atoms with Crippen LogP contribution >= 0.6 is 0 Å². The number of alkyl halides is 6. The number of rotatable bonds is 5. The lowest BCUT2D eigenvalue weighted by atomic mass is 10.3. The van der Waals surface area contributed by atoms with Crippen molar-refractivity contribution in [3.8, 4) is 5.75 Å². The zero-order valence-electron chi connectivity index (χ0n) is 12.5. The third-order valence-corrected chi connectivity index (χ3v) is 2.47. The van der Waals surface area contributed by atoms with E-state index in [4.69, 9.17) is 0 Å². The van der Waals surface area contributed by atoms with Crippen LogP contribution in [0.3, 0.4) is 0 Å². The summed E-state index contributed by atoms with van der Waals surface area (Å²) in [6.45, 7) is 0.964. The fourth-order valence-electron chi connectivity index (χ4n) is 1.54. The van der Waals surface area contributed by atoms with Gasteiger partial charge in [0.2, 0.25) is 6.04 Å². The number of hydrogen-bond donors (Lipinski definition) is 2. The van der Waals surface area contributed by atoms with E-state index >= 15 is 0 Å². The number of ether oxygens (including phenoxy) is 2. The molecule has 0 aliphatic carbocycles. The average molecular weight is 374 g/mol. The van der Waals surface area contributed by atoms with Gasteiger partial charge in [-0.15, -0.1) is 13.2 Å². The third-order valence-electron chi connectivity index (χ3n) is 2.47. The molecule has 2 N–H and O–H groups in total. The number of amides is 2. The number of esters is 1. The summed E-state index contributed by atoms with van der Waals surface area (Å²) in [6.07, 6.45) is -10.0. The Hall–Kier alpha value is -2.66. The van der Waals surface area contributed by atoms with E-state index in [0.717, 1.165) is 24.3 Å². The molecule has 0 aromatic heterocycles. The summed E-state index contributed by atoms with van der Waals surface area (Å²) in [5, 5.41) is 3.32. The lowest BCUT2D eigenvalue weighted by Gasteiger charge is -2.20. The summed E-state index contributed by atoms with van der Waals surface area (Å²) < 4.78 is 82.0. The first-order chi connectivity index (χ1) is 11.4. The summed E-state index contributed by atoms with van der Waals surface area (Å²) in [7, 11) is 0. The van der Waals surface area contributed by atoms with E-state index in [1.54, 1.807) is 0 Å². The fourth-order valence-corrected chi connectivity index (χ4v) is 1.54. The molecule has 1 aromatic rings. The molecule has 1 rings (SSSR count). The molecule has 0 heterocycles. The van der Waals surface area contributed by atoms with Crippen LogP contribution in [-0.2, 0) is 9.53 Å². The Morgan fingerprint density at radius 2 is 1.64 bits per heavy atom. The Kier molecular flexibility index (Phi) is 6.48. The Morgan fingerprint density at radius 3 is 2.08 bits per heavy atom. The van der Waals surface area contributed by atoms with Gasteiger partial charge in [-0.3, -0.25) is 0 Å². The van der Waals surface area contributed by atoms with Crippen LogP contribution < -0.4 is 15.4 Å². The molecule has 6 nitrogen and oxygen atoms in total. The molecule has 25 heavy (non-hydrogen) atoms. The normalized spacial score (nSPS) is 12.9. The van der Waals surface area contributed by atoms with Gasteiger partial charge in [-0.1, -0.05) is 0 Å². The van der Waals surface area contributed by atoms with Crippen molar-refractivity contribution in [3.05, 3.63) is 24.3 Å². The van der Waals surface area contributed by atoms with Gasteiger partial charge in [-0.2, -0.15) is 13.2 Å². The zero-order chi connectivity index (χ0) is 19.3. The largest absolute Gasteiger partial charge is 0.573 e. The second-order valence-electron chi connectivity index (χ2n) is 4.40. The van der Waals surface area contributed by atoms with Crippen LogP contribution in [0, 0.1) is 0 Å². The molecule has 0 aliphatic heterocycles. The standard InChI is InChI=1S/C13H12F6N2O4/c1-2-24-10(22)9(12(14,15)16)21-11(23)20-7-3-5-8(6-4-7)25-13(17,18)19/h3-6,9H,2H2,1H3,(H2,20,21,23). The minimum atomic E-state index is -5.09. The van der Waals surface area contributed by atoms with Crippen LogP contribution in [0.4, 0.5) is 36.8 Å². The molecule has 0 bridgehead atoms.